The smallest absolute Gasteiger partial charge is 0.291 e. The maximum Gasteiger partial charge on any atom is 0.291 e. The van der Waals surface area contributed by atoms with E-state index in [1.165, 1.54) is 0 Å². The van der Waals surface area contributed by atoms with Gasteiger partial charge in [-0.25, -0.2) is 4.98 Å². The number of aromatic amines is 1. The van der Waals surface area contributed by atoms with Crippen LogP contribution in [-0.2, 0) is 0 Å². The Kier molecular flexibility index (Phi) is 4.46. The van der Waals surface area contributed by atoms with Gasteiger partial charge in [-0.05, 0) is 32.6 Å². The molecule has 1 rings (SSSR count). The molecule has 1 amide bonds. The molecule has 90 valence electrons. The minimum absolute atomic E-state index is 0.161. The normalized spacial score (nSPS) is 12.8. The molecule has 1 unspecified atom stereocenters. The monoisotopic (exact) mass is 224 g/mol. The SMILES string of the molecule is Cc1nc(C(=O)NC(C)CCC(C)C)n[nH]1. The van der Waals surface area contributed by atoms with E-state index in [-0.39, 0.29) is 17.8 Å². The number of hydrogen-bond donors (Lipinski definition) is 2. The number of aryl methyl sites for hydroxylation is 1. The average Bonchev–Trinajstić information content (AvgIpc) is 2.62. The quantitative estimate of drug-likeness (QED) is 0.799. The number of carbonyl (C=O) groups excluding carboxylic acids is 1. The molecule has 0 spiro atoms. The fourth-order valence-corrected chi connectivity index (χ4v) is 1.39. The van der Waals surface area contributed by atoms with E-state index in [0.717, 1.165) is 12.8 Å². The van der Waals surface area contributed by atoms with Gasteiger partial charge >= 0.3 is 0 Å². The number of nitrogens with one attached hydrogen (secondary N) is 2. The van der Waals surface area contributed by atoms with Crippen LogP contribution in [0.25, 0.3) is 0 Å². The summed E-state index contributed by atoms with van der Waals surface area (Å²) >= 11 is 0. The molecule has 0 radical (unpaired) electrons. The Labute approximate surface area is 96.0 Å². The zero-order valence-electron chi connectivity index (χ0n) is 10.4. The summed E-state index contributed by atoms with van der Waals surface area (Å²) in [5, 5.41) is 9.35. The van der Waals surface area contributed by atoms with Crippen LogP contribution in [0.5, 0.6) is 0 Å². The van der Waals surface area contributed by atoms with Crippen molar-refractivity contribution in [1.82, 2.24) is 20.5 Å². The van der Waals surface area contributed by atoms with E-state index >= 15 is 0 Å². The molecule has 2 N–H and O–H groups in total. The fraction of sp³-hybridized carbons (Fsp3) is 0.727. The van der Waals surface area contributed by atoms with Crippen LogP contribution in [0.15, 0.2) is 0 Å². The molecule has 0 aliphatic rings. The molecule has 0 bridgehead atoms. The highest BCUT2D eigenvalue weighted by Crippen LogP contribution is 2.06. The molecule has 0 saturated carbocycles. The number of rotatable bonds is 5. The van der Waals surface area contributed by atoms with Crippen LogP contribution in [0, 0.1) is 12.8 Å². The number of H-pyrrole nitrogens is 1. The van der Waals surface area contributed by atoms with Crippen LogP contribution in [0.2, 0.25) is 0 Å². The van der Waals surface area contributed by atoms with Gasteiger partial charge < -0.3 is 5.32 Å². The van der Waals surface area contributed by atoms with Crippen molar-refractivity contribution in [2.75, 3.05) is 0 Å². The zero-order chi connectivity index (χ0) is 12.1. The van der Waals surface area contributed by atoms with Crippen molar-refractivity contribution in [2.45, 2.75) is 46.6 Å². The highest BCUT2D eigenvalue weighted by molar-refractivity contribution is 5.90. The van der Waals surface area contributed by atoms with E-state index in [4.69, 9.17) is 0 Å². The van der Waals surface area contributed by atoms with Crippen LogP contribution >= 0.6 is 0 Å². The lowest BCUT2D eigenvalue weighted by Gasteiger charge is -2.13. The van der Waals surface area contributed by atoms with E-state index in [1.807, 2.05) is 6.92 Å². The van der Waals surface area contributed by atoms with E-state index in [0.29, 0.717) is 11.7 Å². The lowest BCUT2D eigenvalue weighted by atomic mass is 10.0. The molecule has 0 aromatic carbocycles. The summed E-state index contributed by atoms with van der Waals surface area (Å²) < 4.78 is 0. The van der Waals surface area contributed by atoms with Crippen molar-refractivity contribution < 1.29 is 4.79 Å². The van der Waals surface area contributed by atoms with Crippen molar-refractivity contribution in [3.05, 3.63) is 11.6 Å². The van der Waals surface area contributed by atoms with Crippen LogP contribution < -0.4 is 5.32 Å². The van der Waals surface area contributed by atoms with Gasteiger partial charge in [0.25, 0.3) is 5.91 Å². The second-order valence-electron chi connectivity index (χ2n) is 4.59. The highest BCUT2D eigenvalue weighted by Gasteiger charge is 2.13. The lowest BCUT2D eigenvalue weighted by molar-refractivity contribution is 0.0927. The Morgan fingerprint density at radius 1 is 1.38 bits per heavy atom. The number of carbonyl (C=O) groups is 1. The summed E-state index contributed by atoms with van der Waals surface area (Å²) in [5.74, 6) is 1.32. The molecular weight excluding hydrogens is 204 g/mol. The molecule has 0 fully saturated rings. The third kappa shape index (κ3) is 4.00. The predicted octanol–water partition coefficient (Wildman–Crippen LogP) is 1.67. The molecule has 5 heteroatoms. The maximum absolute atomic E-state index is 11.7. The van der Waals surface area contributed by atoms with Crippen molar-refractivity contribution in [3.63, 3.8) is 0 Å². The van der Waals surface area contributed by atoms with Gasteiger partial charge in [0.15, 0.2) is 0 Å². The van der Waals surface area contributed by atoms with Crippen LogP contribution in [0.4, 0.5) is 0 Å². The Hall–Kier alpha value is -1.39. The first-order valence-electron chi connectivity index (χ1n) is 5.69. The molecule has 0 aliphatic carbocycles. The van der Waals surface area contributed by atoms with E-state index in [2.05, 4.69) is 34.3 Å². The van der Waals surface area contributed by atoms with Crippen molar-refractivity contribution >= 4 is 5.91 Å². The van der Waals surface area contributed by atoms with Gasteiger partial charge in [-0.3, -0.25) is 9.89 Å². The number of aromatic nitrogens is 3. The third-order valence-electron chi connectivity index (χ3n) is 2.35. The van der Waals surface area contributed by atoms with Gasteiger partial charge in [-0.2, -0.15) is 0 Å². The predicted molar refractivity (Wildman–Crippen MR) is 62.1 cm³/mol. The Balaban J connectivity index is 2.39. The Morgan fingerprint density at radius 3 is 2.56 bits per heavy atom. The number of hydrogen-bond acceptors (Lipinski definition) is 3. The summed E-state index contributed by atoms with van der Waals surface area (Å²) in [6, 6.07) is 0.161. The zero-order valence-corrected chi connectivity index (χ0v) is 10.4. The van der Waals surface area contributed by atoms with Gasteiger partial charge in [0.2, 0.25) is 5.82 Å². The first-order valence-corrected chi connectivity index (χ1v) is 5.69. The first-order chi connectivity index (χ1) is 7.49. The Bertz CT molecular complexity index is 346. The molecule has 1 atom stereocenters. The van der Waals surface area contributed by atoms with Gasteiger partial charge in [-0.15, -0.1) is 5.10 Å². The third-order valence-corrected chi connectivity index (χ3v) is 2.35. The van der Waals surface area contributed by atoms with E-state index < -0.39 is 0 Å². The molecular formula is C11H20N4O. The van der Waals surface area contributed by atoms with Crippen molar-refractivity contribution in [1.29, 1.82) is 0 Å². The van der Waals surface area contributed by atoms with E-state index in [1.54, 1.807) is 6.92 Å². The van der Waals surface area contributed by atoms with Gasteiger partial charge in [0.05, 0.1) is 0 Å². The van der Waals surface area contributed by atoms with Crippen molar-refractivity contribution in [2.24, 2.45) is 5.92 Å². The maximum atomic E-state index is 11.7. The molecule has 16 heavy (non-hydrogen) atoms. The fourth-order valence-electron chi connectivity index (χ4n) is 1.39. The summed E-state index contributed by atoms with van der Waals surface area (Å²) in [7, 11) is 0. The summed E-state index contributed by atoms with van der Waals surface area (Å²) in [4.78, 5) is 15.6. The van der Waals surface area contributed by atoms with Crippen LogP contribution in [0.1, 0.15) is 50.1 Å². The summed E-state index contributed by atoms with van der Waals surface area (Å²) in [6.07, 6.45) is 2.08. The van der Waals surface area contributed by atoms with Crippen molar-refractivity contribution in [3.8, 4) is 0 Å². The Morgan fingerprint density at radius 2 is 2.06 bits per heavy atom. The lowest BCUT2D eigenvalue weighted by Crippen LogP contribution is -2.33. The second kappa shape index (κ2) is 5.63. The van der Waals surface area contributed by atoms with Gasteiger partial charge in [-0.1, -0.05) is 13.8 Å². The molecule has 1 heterocycles. The summed E-state index contributed by atoms with van der Waals surface area (Å²) in [5.41, 5.74) is 0. The highest BCUT2D eigenvalue weighted by atomic mass is 16.2. The van der Waals surface area contributed by atoms with Crippen LogP contribution in [-0.4, -0.2) is 27.1 Å². The molecule has 1 aromatic rings. The van der Waals surface area contributed by atoms with E-state index in [9.17, 15) is 4.79 Å². The average molecular weight is 224 g/mol. The molecule has 1 aromatic heterocycles. The first kappa shape index (κ1) is 12.7. The minimum Gasteiger partial charge on any atom is -0.347 e. The van der Waals surface area contributed by atoms with Crippen LogP contribution in [0.3, 0.4) is 0 Å². The molecule has 5 nitrogen and oxygen atoms in total. The summed E-state index contributed by atoms with van der Waals surface area (Å²) in [6.45, 7) is 8.12. The standard InChI is InChI=1S/C11H20N4O/c1-7(2)5-6-8(3)12-11(16)10-13-9(4)14-15-10/h7-8H,5-6H2,1-4H3,(H,12,16)(H,13,14,15). The topological polar surface area (TPSA) is 70.7 Å². The minimum atomic E-state index is -0.208. The number of amides is 1. The van der Waals surface area contributed by atoms with Gasteiger partial charge in [0.1, 0.15) is 5.82 Å². The largest absolute Gasteiger partial charge is 0.347 e. The second-order valence-corrected chi connectivity index (χ2v) is 4.59. The van der Waals surface area contributed by atoms with Gasteiger partial charge in [0, 0.05) is 6.04 Å². The molecule has 0 saturated heterocycles. The number of nitrogens with zero attached hydrogens (tertiary/aromatic N) is 2. The molecule has 0 aliphatic heterocycles.